The number of nitrogens with one attached hydrogen (secondary N) is 1. The Labute approximate surface area is 219 Å². The second-order valence-corrected chi connectivity index (χ2v) is 9.27. The number of fused-ring (bicyclic) bond motifs is 1. The monoisotopic (exact) mass is 510 g/mol. The molecule has 0 saturated carbocycles. The lowest BCUT2D eigenvalue weighted by Crippen LogP contribution is -2.38. The van der Waals surface area contributed by atoms with Gasteiger partial charge in [0.2, 0.25) is 5.82 Å². The zero-order chi connectivity index (χ0) is 26.6. The molecule has 0 unspecified atom stereocenters. The van der Waals surface area contributed by atoms with Crippen LogP contribution in [-0.4, -0.2) is 39.3 Å². The topological polar surface area (TPSA) is 116 Å². The number of benzene rings is 2. The van der Waals surface area contributed by atoms with Crippen molar-refractivity contribution in [2.24, 2.45) is 7.05 Å². The normalized spacial score (nSPS) is 11.3. The molecule has 10 heteroatoms. The number of aromatic nitrogens is 8. The number of hydrogen-bond acceptors (Lipinski definition) is 6. The number of hydrogen-bond donors (Lipinski definition) is 1. The summed E-state index contributed by atoms with van der Waals surface area (Å²) in [7, 11) is 1.51. The Bertz CT molecular complexity index is 1690. The van der Waals surface area contributed by atoms with Crippen LogP contribution in [0.25, 0.3) is 33.7 Å². The van der Waals surface area contributed by atoms with Crippen LogP contribution in [0.3, 0.4) is 0 Å². The van der Waals surface area contributed by atoms with E-state index in [1.807, 2.05) is 41.0 Å². The van der Waals surface area contributed by atoms with Gasteiger partial charge in [-0.1, -0.05) is 74.4 Å². The summed E-state index contributed by atoms with van der Waals surface area (Å²) in [5, 5.41) is 14.5. The lowest BCUT2D eigenvalue weighted by Gasteiger charge is -2.12. The van der Waals surface area contributed by atoms with Crippen molar-refractivity contribution < 1.29 is 0 Å². The fourth-order valence-electron chi connectivity index (χ4n) is 4.77. The molecule has 0 atom stereocenters. The van der Waals surface area contributed by atoms with Crippen LogP contribution in [0.2, 0.25) is 0 Å². The highest BCUT2D eigenvalue weighted by Gasteiger charge is 2.20. The molecule has 3 aromatic heterocycles. The Balaban J connectivity index is 1.56. The van der Waals surface area contributed by atoms with Crippen LogP contribution >= 0.6 is 0 Å². The predicted octanol–water partition coefficient (Wildman–Crippen LogP) is 3.71. The predicted molar refractivity (Wildman–Crippen MR) is 147 cm³/mol. The van der Waals surface area contributed by atoms with E-state index in [0.29, 0.717) is 23.5 Å². The first-order valence-corrected chi connectivity index (χ1v) is 12.8. The molecule has 5 rings (SSSR count). The molecule has 5 aromatic rings. The fraction of sp³-hybridized carbons (Fsp3) is 0.286. The highest BCUT2D eigenvalue weighted by Crippen LogP contribution is 2.30. The van der Waals surface area contributed by atoms with Crippen molar-refractivity contribution in [2.75, 3.05) is 0 Å². The van der Waals surface area contributed by atoms with Crippen LogP contribution in [0.1, 0.15) is 37.6 Å². The molecule has 0 bridgehead atoms. The zero-order valence-electron chi connectivity index (χ0n) is 21.6. The van der Waals surface area contributed by atoms with Gasteiger partial charge in [-0.15, -0.1) is 16.8 Å². The van der Waals surface area contributed by atoms with E-state index in [1.54, 1.807) is 6.08 Å². The van der Waals surface area contributed by atoms with Crippen LogP contribution in [0.5, 0.6) is 0 Å². The third-order valence-electron chi connectivity index (χ3n) is 6.74. The molecule has 0 aliphatic heterocycles. The minimum atomic E-state index is -0.392. The molecular weight excluding hydrogens is 480 g/mol. The molecule has 0 spiro atoms. The standard InChI is InChI=1S/C28H30N8O2/c1-4-6-7-12-23-29-26-24(27(37)34(3)28(38)35(26)17-5-2)36(23)18-19-13-15-20(16-14-19)21-10-8-9-11-22(21)25-30-32-33-31-25/h5,8-11,13-16H,2,4,6-7,12,17-18H2,1,3H3,(H,30,31,32,33). The highest BCUT2D eigenvalue weighted by atomic mass is 16.2. The Morgan fingerprint density at radius 3 is 2.45 bits per heavy atom. The molecule has 1 N–H and O–H groups in total. The summed E-state index contributed by atoms with van der Waals surface area (Å²) in [6.45, 7) is 6.67. The molecule has 0 fully saturated rings. The minimum Gasteiger partial charge on any atom is -0.318 e. The number of H-pyrrole nitrogens is 1. The van der Waals surface area contributed by atoms with Crippen molar-refractivity contribution in [1.82, 2.24) is 39.3 Å². The van der Waals surface area contributed by atoms with E-state index < -0.39 is 5.69 Å². The van der Waals surface area contributed by atoms with Crippen LogP contribution < -0.4 is 11.2 Å². The van der Waals surface area contributed by atoms with Gasteiger partial charge >= 0.3 is 5.69 Å². The summed E-state index contributed by atoms with van der Waals surface area (Å²) in [6.07, 6.45) is 5.47. The van der Waals surface area contributed by atoms with Gasteiger partial charge in [0.05, 0.1) is 0 Å². The number of imidazole rings is 1. The molecular formula is C28H30N8O2. The summed E-state index contributed by atoms with van der Waals surface area (Å²) < 4.78 is 4.63. The molecule has 0 radical (unpaired) electrons. The van der Waals surface area contributed by atoms with Crippen molar-refractivity contribution in [3.8, 4) is 22.5 Å². The Morgan fingerprint density at radius 1 is 1.00 bits per heavy atom. The minimum absolute atomic E-state index is 0.281. The van der Waals surface area contributed by atoms with E-state index in [0.717, 1.165) is 58.3 Å². The number of rotatable bonds is 10. The second kappa shape index (κ2) is 10.8. The first-order valence-electron chi connectivity index (χ1n) is 12.8. The lowest BCUT2D eigenvalue weighted by molar-refractivity contribution is 0.656. The van der Waals surface area contributed by atoms with E-state index in [-0.39, 0.29) is 12.1 Å². The van der Waals surface area contributed by atoms with Gasteiger partial charge in [0.25, 0.3) is 5.56 Å². The maximum Gasteiger partial charge on any atom is 0.332 e. The maximum absolute atomic E-state index is 13.3. The molecule has 10 nitrogen and oxygen atoms in total. The summed E-state index contributed by atoms with van der Waals surface area (Å²) in [6, 6.07) is 16.1. The molecule has 0 amide bonds. The van der Waals surface area contributed by atoms with Gasteiger partial charge in [-0.3, -0.25) is 13.9 Å². The average Bonchev–Trinajstić information content (AvgIpc) is 3.60. The summed E-state index contributed by atoms with van der Waals surface area (Å²) in [5.41, 5.74) is 4.03. The first kappa shape index (κ1) is 25.1. The lowest BCUT2D eigenvalue weighted by atomic mass is 9.98. The zero-order valence-corrected chi connectivity index (χ0v) is 21.6. The van der Waals surface area contributed by atoms with Gasteiger partial charge < -0.3 is 4.57 Å². The van der Waals surface area contributed by atoms with Crippen molar-refractivity contribution in [2.45, 2.75) is 45.7 Å². The Hall–Kier alpha value is -4.60. The molecule has 2 aromatic carbocycles. The van der Waals surface area contributed by atoms with E-state index >= 15 is 0 Å². The van der Waals surface area contributed by atoms with Crippen LogP contribution in [-0.2, 0) is 26.6 Å². The number of allylic oxidation sites excluding steroid dienone is 1. The van der Waals surface area contributed by atoms with Gasteiger partial charge in [-0.05, 0) is 28.3 Å². The summed E-state index contributed by atoms with van der Waals surface area (Å²) in [4.78, 5) is 30.9. The van der Waals surface area contributed by atoms with Crippen molar-refractivity contribution in [1.29, 1.82) is 0 Å². The molecule has 0 aliphatic carbocycles. The number of nitrogens with zero attached hydrogens (tertiary/aromatic N) is 7. The van der Waals surface area contributed by atoms with Crippen molar-refractivity contribution in [3.05, 3.63) is 93.4 Å². The highest BCUT2D eigenvalue weighted by molar-refractivity contribution is 5.80. The summed E-state index contributed by atoms with van der Waals surface area (Å²) in [5.74, 6) is 1.34. The second-order valence-electron chi connectivity index (χ2n) is 9.27. The largest absolute Gasteiger partial charge is 0.332 e. The van der Waals surface area contributed by atoms with Gasteiger partial charge in [0, 0.05) is 32.1 Å². The number of tetrazole rings is 1. The molecule has 0 saturated heterocycles. The maximum atomic E-state index is 13.3. The molecule has 38 heavy (non-hydrogen) atoms. The number of aryl methyl sites for hydroxylation is 1. The summed E-state index contributed by atoms with van der Waals surface area (Å²) >= 11 is 0. The fourth-order valence-corrected chi connectivity index (χ4v) is 4.77. The van der Waals surface area contributed by atoms with Crippen molar-refractivity contribution in [3.63, 3.8) is 0 Å². The number of aromatic amines is 1. The number of unbranched alkanes of at least 4 members (excludes halogenated alkanes) is 2. The van der Waals surface area contributed by atoms with E-state index in [9.17, 15) is 9.59 Å². The third kappa shape index (κ3) is 4.60. The SMILES string of the molecule is C=CCn1c(=O)n(C)c(=O)c2c1nc(CCCCC)n2Cc1ccc(-c2ccccc2-c2nn[nH]n2)cc1. The first-order chi connectivity index (χ1) is 18.5. The van der Waals surface area contributed by atoms with E-state index in [1.165, 1.54) is 11.6 Å². The molecule has 0 aliphatic rings. The van der Waals surface area contributed by atoms with E-state index in [4.69, 9.17) is 4.98 Å². The molecule has 3 heterocycles. The van der Waals surface area contributed by atoms with Gasteiger partial charge in [0.1, 0.15) is 5.82 Å². The van der Waals surface area contributed by atoms with Crippen LogP contribution in [0.15, 0.2) is 70.8 Å². The quantitative estimate of drug-likeness (QED) is 0.226. The Kier molecular flexibility index (Phi) is 7.12. The molecule has 194 valence electrons. The van der Waals surface area contributed by atoms with Crippen LogP contribution in [0.4, 0.5) is 0 Å². The smallest absolute Gasteiger partial charge is 0.318 e. The van der Waals surface area contributed by atoms with Gasteiger partial charge in [0.15, 0.2) is 11.2 Å². The van der Waals surface area contributed by atoms with Gasteiger partial charge in [-0.25, -0.2) is 9.78 Å². The van der Waals surface area contributed by atoms with Crippen LogP contribution in [0, 0.1) is 0 Å². The average molecular weight is 511 g/mol. The third-order valence-corrected chi connectivity index (χ3v) is 6.74. The Morgan fingerprint density at radius 2 is 1.76 bits per heavy atom. The van der Waals surface area contributed by atoms with E-state index in [2.05, 4.69) is 46.3 Å². The van der Waals surface area contributed by atoms with Gasteiger partial charge in [-0.2, -0.15) is 5.21 Å². The van der Waals surface area contributed by atoms with Crippen molar-refractivity contribution >= 4 is 11.2 Å².